The van der Waals surface area contributed by atoms with Crippen molar-refractivity contribution in [3.63, 3.8) is 0 Å². The molecule has 0 saturated carbocycles. The van der Waals surface area contributed by atoms with Crippen LogP contribution in [0, 0.1) is 0 Å². The molecule has 0 heterocycles. The number of hydrogen-bond donors (Lipinski definition) is 2. The lowest BCUT2D eigenvalue weighted by molar-refractivity contribution is -0.120. The van der Waals surface area contributed by atoms with Crippen LogP contribution in [0.25, 0.3) is 21.5 Å². The molecule has 0 saturated heterocycles. The quantitative estimate of drug-likeness (QED) is 0.404. The minimum Gasteiger partial charge on any atom is -0.417 e. The Bertz CT molecular complexity index is 1060. The standard InChI is InChI=1S/C25H32N2O3Si/c1-25(2,3)31(4,5)30-15-14-21(23(26)28)27-24(29)22-19-12-8-6-10-17(19)16-18-11-7-9-13-20(18)22/h6-13,16,21H,14-15H2,1-5H3,(H2,26,28)(H,27,29)/t21-/m1/s1. The summed E-state index contributed by atoms with van der Waals surface area (Å²) in [6.45, 7) is 11.2. The molecule has 5 nitrogen and oxygen atoms in total. The van der Waals surface area contributed by atoms with E-state index in [-0.39, 0.29) is 10.9 Å². The second kappa shape index (κ2) is 8.81. The van der Waals surface area contributed by atoms with Crippen molar-refractivity contribution in [2.75, 3.05) is 6.61 Å². The van der Waals surface area contributed by atoms with E-state index in [0.29, 0.717) is 18.6 Å². The maximum Gasteiger partial charge on any atom is 0.253 e. The van der Waals surface area contributed by atoms with E-state index in [2.05, 4.69) is 45.2 Å². The Morgan fingerprint density at radius 3 is 2.00 bits per heavy atom. The Labute approximate surface area is 185 Å². The van der Waals surface area contributed by atoms with Gasteiger partial charge in [0, 0.05) is 6.61 Å². The minimum atomic E-state index is -1.95. The van der Waals surface area contributed by atoms with Crippen LogP contribution >= 0.6 is 0 Å². The molecule has 0 aliphatic heterocycles. The Balaban J connectivity index is 1.86. The van der Waals surface area contributed by atoms with Crippen molar-refractivity contribution in [2.24, 2.45) is 5.73 Å². The van der Waals surface area contributed by atoms with E-state index in [0.717, 1.165) is 21.5 Å². The Morgan fingerprint density at radius 1 is 1.00 bits per heavy atom. The number of rotatable bonds is 7. The van der Waals surface area contributed by atoms with Gasteiger partial charge in [0.25, 0.3) is 5.91 Å². The summed E-state index contributed by atoms with van der Waals surface area (Å²) in [5.74, 6) is -0.860. The monoisotopic (exact) mass is 436 g/mol. The van der Waals surface area contributed by atoms with E-state index in [1.165, 1.54) is 0 Å². The van der Waals surface area contributed by atoms with Crippen LogP contribution in [0.5, 0.6) is 0 Å². The van der Waals surface area contributed by atoms with Gasteiger partial charge in [0.2, 0.25) is 5.91 Å². The summed E-state index contributed by atoms with van der Waals surface area (Å²) >= 11 is 0. The predicted octanol–water partition coefficient (Wildman–Crippen LogP) is 4.99. The third kappa shape index (κ3) is 4.97. The number of carbonyl (C=O) groups excluding carboxylic acids is 2. The number of nitrogens with one attached hydrogen (secondary N) is 1. The highest BCUT2D eigenvalue weighted by Gasteiger charge is 2.37. The first-order valence-corrected chi connectivity index (χ1v) is 13.6. The van der Waals surface area contributed by atoms with Gasteiger partial charge in [0.05, 0.1) is 5.56 Å². The second-order valence-corrected chi connectivity index (χ2v) is 14.3. The third-order valence-corrected chi connectivity index (χ3v) is 10.9. The maximum absolute atomic E-state index is 13.4. The molecule has 3 aromatic rings. The molecular weight excluding hydrogens is 404 g/mol. The topological polar surface area (TPSA) is 81.4 Å². The van der Waals surface area contributed by atoms with Crippen molar-refractivity contribution in [3.8, 4) is 0 Å². The molecule has 3 N–H and O–H groups in total. The van der Waals surface area contributed by atoms with Crippen molar-refractivity contribution in [3.05, 3.63) is 60.2 Å². The molecule has 0 bridgehead atoms. The molecule has 2 amide bonds. The van der Waals surface area contributed by atoms with Crippen molar-refractivity contribution in [1.29, 1.82) is 0 Å². The van der Waals surface area contributed by atoms with Gasteiger partial charge in [-0.25, -0.2) is 0 Å². The molecule has 6 heteroatoms. The van der Waals surface area contributed by atoms with Crippen LogP contribution in [0.3, 0.4) is 0 Å². The molecule has 0 radical (unpaired) electrons. The number of amides is 2. The number of primary amides is 1. The van der Waals surface area contributed by atoms with Gasteiger partial charge in [0.15, 0.2) is 8.32 Å². The van der Waals surface area contributed by atoms with Crippen molar-refractivity contribution < 1.29 is 14.0 Å². The molecule has 0 spiro atoms. The largest absolute Gasteiger partial charge is 0.417 e. The van der Waals surface area contributed by atoms with Crippen molar-refractivity contribution in [2.45, 2.75) is 51.4 Å². The fraction of sp³-hybridized carbons (Fsp3) is 0.360. The lowest BCUT2D eigenvalue weighted by Crippen LogP contribution is -2.47. The lowest BCUT2D eigenvalue weighted by atomic mass is 9.96. The van der Waals surface area contributed by atoms with Crippen molar-refractivity contribution in [1.82, 2.24) is 5.32 Å². The van der Waals surface area contributed by atoms with Gasteiger partial charge >= 0.3 is 0 Å². The van der Waals surface area contributed by atoms with E-state index >= 15 is 0 Å². The Hall–Kier alpha value is -2.70. The average Bonchev–Trinajstić information content (AvgIpc) is 2.70. The molecule has 1 atom stereocenters. The van der Waals surface area contributed by atoms with Gasteiger partial charge in [-0.15, -0.1) is 0 Å². The zero-order valence-corrected chi connectivity index (χ0v) is 20.0. The zero-order valence-electron chi connectivity index (χ0n) is 19.0. The van der Waals surface area contributed by atoms with E-state index in [4.69, 9.17) is 10.2 Å². The normalized spacial score (nSPS) is 13.3. The molecule has 0 fully saturated rings. The molecule has 0 aromatic heterocycles. The highest BCUT2D eigenvalue weighted by Crippen LogP contribution is 2.36. The average molecular weight is 437 g/mol. The van der Waals surface area contributed by atoms with Crippen LogP contribution in [0.1, 0.15) is 37.6 Å². The molecular formula is C25H32N2O3Si. The summed E-state index contributed by atoms with van der Waals surface area (Å²) in [7, 11) is -1.95. The first kappa shape index (κ1) is 23.0. The summed E-state index contributed by atoms with van der Waals surface area (Å²) < 4.78 is 6.18. The van der Waals surface area contributed by atoms with E-state index < -0.39 is 20.3 Å². The number of fused-ring (bicyclic) bond motifs is 2. The number of benzene rings is 3. The summed E-state index contributed by atoms with van der Waals surface area (Å²) in [6, 6.07) is 16.8. The Morgan fingerprint density at radius 2 is 1.52 bits per heavy atom. The first-order valence-electron chi connectivity index (χ1n) is 10.7. The van der Waals surface area contributed by atoms with Gasteiger partial charge < -0.3 is 15.5 Å². The fourth-order valence-electron chi connectivity index (χ4n) is 3.42. The zero-order chi connectivity index (χ0) is 22.8. The summed E-state index contributed by atoms with van der Waals surface area (Å²) in [6.07, 6.45) is 0.344. The fourth-order valence-corrected chi connectivity index (χ4v) is 4.48. The number of nitrogens with two attached hydrogens (primary N) is 1. The predicted molar refractivity (Wildman–Crippen MR) is 130 cm³/mol. The van der Waals surface area contributed by atoms with E-state index in [1.54, 1.807) is 0 Å². The molecule has 0 unspecified atom stereocenters. The van der Waals surface area contributed by atoms with Crippen LogP contribution in [0.15, 0.2) is 54.6 Å². The minimum absolute atomic E-state index is 0.0698. The van der Waals surface area contributed by atoms with Crippen LogP contribution in [0.2, 0.25) is 18.1 Å². The first-order chi connectivity index (χ1) is 14.5. The highest BCUT2D eigenvalue weighted by atomic mass is 28.4. The van der Waals surface area contributed by atoms with E-state index in [1.807, 2.05) is 48.5 Å². The second-order valence-electron chi connectivity index (χ2n) is 9.52. The SMILES string of the molecule is CC(C)(C)[Si](C)(C)OCC[C@@H](NC(=O)c1c2ccccc2cc2ccccc12)C(N)=O. The summed E-state index contributed by atoms with van der Waals surface area (Å²) in [4.78, 5) is 25.5. The van der Waals surface area contributed by atoms with Gasteiger partial charge in [0.1, 0.15) is 6.04 Å². The summed E-state index contributed by atoms with van der Waals surface area (Å²) in [5.41, 5.74) is 6.19. The van der Waals surface area contributed by atoms with Gasteiger partial charge in [-0.3, -0.25) is 9.59 Å². The van der Waals surface area contributed by atoms with Crippen LogP contribution in [-0.2, 0) is 9.22 Å². The lowest BCUT2D eigenvalue weighted by Gasteiger charge is -2.36. The maximum atomic E-state index is 13.4. The van der Waals surface area contributed by atoms with Gasteiger partial charge in [-0.2, -0.15) is 0 Å². The third-order valence-electron chi connectivity index (χ3n) is 6.32. The molecule has 3 rings (SSSR count). The number of hydrogen-bond acceptors (Lipinski definition) is 3. The molecule has 3 aromatic carbocycles. The molecule has 164 valence electrons. The van der Waals surface area contributed by atoms with Gasteiger partial charge in [-0.1, -0.05) is 69.3 Å². The van der Waals surface area contributed by atoms with Crippen molar-refractivity contribution >= 4 is 41.7 Å². The smallest absolute Gasteiger partial charge is 0.253 e. The van der Waals surface area contributed by atoms with Crippen LogP contribution in [0.4, 0.5) is 0 Å². The van der Waals surface area contributed by atoms with E-state index in [9.17, 15) is 9.59 Å². The molecule has 31 heavy (non-hydrogen) atoms. The molecule has 0 aliphatic carbocycles. The van der Waals surface area contributed by atoms with Crippen LogP contribution < -0.4 is 11.1 Å². The highest BCUT2D eigenvalue weighted by molar-refractivity contribution is 6.74. The summed E-state index contributed by atoms with van der Waals surface area (Å²) in [5, 5.41) is 6.58. The Kier molecular flexibility index (Phi) is 6.53. The number of carbonyl (C=O) groups is 2. The van der Waals surface area contributed by atoms with Gasteiger partial charge in [-0.05, 0) is 52.2 Å². The molecule has 0 aliphatic rings. The van der Waals surface area contributed by atoms with Crippen LogP contribution in [-0.4, -0.2) is 32.8 Å².